The molecular weight excluding hydrogens is 223 g/mol. The van der Waals surface area contributed by atoms with E-state index in [2.05, 4.69) is 12.7 Å². The minimum Gasteiger partial charge on any atom is -0.207 e. The second-order valence-corrected chi connectivity index (χ2v) is 5.17. The third-order valence-corrected chi connectivity index (χ3v) is 3.93. The van der Waals surface area contributed by atoms with Crippen molar-refractivity contribution < 1.29 is 4.39 Å². The standard InChI is InChI=1S/C17H21F/c1-2-3-4-5-14-6-8-15(9-7-14)16-10-12-17(18)13-11-16/h2-4,10-15H,1,5-9H2. The Kier molecular flexibility index (Phi) is 4.74. The predicted octanol–water partition coefficient (Wildman–Crippen LogP) is 5.23. The van der Waals surface area contributed by atoms with Crippen molar-refractivity contribution in [3.8, 4) is 0 Å². The Bertz CT molecular complexity index is 394. The molecule has 0 spiro atoms. The van der Waals surface area contributed by atoms with Gasteiger partial charge in [-0.05, 0) is 61.6 Å². The van der Waals surface area contributed by atoms with Crippen LogP contribution in [-0.2, 0) is 0 Å². The van der Waals surface area contributed by atoms with Crippen molar-refractivity contribution in [3.05, 3.63) is 60.5 Å². The first-order chi connectivity index (χ1) is 8.79. The Morgan fingerprint density at radius 1 is 1.11 bits per heavy atom. The van der Waals surface area contributed by atoms with Gasteiger partial charge < -0.3 is 0 Å². The third kappa shape index (κ3) is 3.56. The summed E-state index contributed by atoms with van der Waals surface area (Å²) in [4.78, 5) is 0. The van der Waals surface area contributed by atoms with E-state index in [-0.39, 0.29) is 5.82 Å². The Morgan fingerprint density at radius 2 is 1.78 bits per heavy atom. The van der Waals surface area contributed by atoms with Crippen LogP contribution in [0, 0.1) is 11.7 Å². The highest BCUT2D eigenvalue weighted by molar-refractivity contribution is 5.20. The quantitative estimate of drug-likeness (QED) is 0.636. The van der Waals surface area contributed by atoms with Crippen molar-refractivity contribution in [1.29, 1.82) is 0 Å². The van der Waals surface area contributed by atoms with E-state index in [1.807, 2.05) is 24.3 Å². The van der Waals surface area contributed by atoms with E-state index in [0.717, 1.165) is 5.92 Å². The molecule has 96 valence electrons. The van der Waals surface area contributed by atoms with Gasteiger partial charge in [0.05, 0.1) is 0 Å². The van der Waals surface area contributed by atoms with Crippen LogP contribution in [0.15, 0.2) is 49.1 Å². The molecule has 1 aromatic rings. The average Bonchev–Trinajstić information content (AvgIpc) is 2.41. The summed E-state index contributed by atoms with van der Waals surface area (Å²) in [6.45, 7) is 3.68. The maximum atomic E-state index is 12.9. The molecule has 0 atom stereocenters. The van der Waals surface area contributed by atoms with Crippen LogP contribution >= 0.6 is 0 Å². The normalized spacial score (nSPS) is 24.3. The molecule has 0 saturated heterocycles. The summed E-state index contributed by atoms with van der Waals surface area (Å²) in [6, 6.07) is 7.04. The smallest absolute Gasteiger partial charge is 0.123 e. The first kappa shape index (κ1) is 13.1. The second-order valence-electron chi connectivity index (χ2n) is 5.17. The fourth-order valence-corrected chi connectivity index (χ4v) is 2.83. The van der Waals surface area contributed by atoms with E-state index < -0.39 is 0 Å². The summed E-state index contributed by atoms with van der Waals surface area (Å²) in [7, 11) is 0. The largest absolute Gasteiger partial charge is 0.207 e. The van der Waals surface area contributed by atoms with Crippen molar-refractivity contribution >= 4 is 0 Å². The molecule has 0 amide bonds. The molecule has 0 N–H and O–H groups in total. The van der Waals surface area contributed by atoms with Gasteiger partial charge in [0.25, 0.3) is 0 Å². The summed E-state index contributed by atoms with van der Waals surface area (Å²) in [5.41, 5.74) is 1.30. The molecule has 0 heterocycles. The molecule has 0 unspecified atom stereocenters. The van der Waals surface area contributed by atoms with Gasteiger partial charge in [0, 0.05) is 0 Å². The van der Waals surface area contributed by atoms with E-state index >= 15 is 0 Å². The van der Waals surface area contributed by atoms with Crippen LogP contribution in [0.4, 0.5) is 4.39 Å². The monoisotopic (exact) mass is 244 g/mol. The van der Waals surface area contributed by atoms with Crippen LogP contribution in [0.1, 0.15) is 43.6 Å². The van der Waals surface area contributed by atoms with Crippen molar-refractivity contribution in [2.75, 3.05) is 0 Å². The van der Waals surface area contributed by atoms with E-state index in [9.17, 15) is 4.39 Å². The van der Waals surface area contributed by atoms with Crippen LogP contribution in [-0.4, -0.2) is 0 Å². The van der Waals surface area contributed by atoms with E-state index in [1.54, 1.807) is 12.1 Å². The molecule has 0 bridgehead atoms. The summed E-state index contributed by atoms with van der Waals surface area (Å²) >= 11 is 0. The Morgan fingerprint density at radius 3 is 2.39 bits per heavy atom. The minimum absolute atomic E-state index is 0.137. The van der Waals surface area contributed by atoms with Crippen LogP contribution in [0.3, 0.4) is 0 Å². The van der Waals surface area contributed by atoms with E-state index in [0.29, 0.717) is 5.92 Å². The van der Waals surface area contributed by atoms with Gasteiger partial charge in [-0.3, -0.25) is 0 Å². The zero-order valence-corrected chi connectivity index (χ0v) is 10.8. The van der Waals surface area contributed by atoms with Crippen molar-refractivity contribution in [1.82, 2.24) is 0 Å². The molecule has 1 fully saturated rings. The molecule has 18 heavy (non-hydrogen) atoms. The average molecular weight is 244 g/mol. The molecule has 0 nitrogen and oxygen atoms in total. The molecule has 0 radical (unpaired) electrons. The lowest BCUT2D eigenvalue weighted by Gasteiger charge is -2.28. The van der Waals surface area contributed by atoms with Gasteiger partial charge in [-0.25, -0.2) is 4.39 Å². The Hall–Kier alpha value is -1.37. The first-order valence-electron chi connectivity index (χ1n) is 6.82. The summed E-state index contributed by atoms with van der Waals surface area (Å²) in [5, 5.41) is 0. The number of benzene rings is 1. The molecule has 1 aliphatic rings. The maximum absolute atomic E-state index is 12.9. The van der Waals surface area contributed by atoms with Crippen LogP contribution in [0.2, 0.25) is 0 Å². The molecule has 1 saturated carbocycles. The minimum atomic E-state index is -0.137. The predicted molar refractivity (Wildman–Crippen MR) is 75.1 cm³/mol. The lowest BCUT2D eigenvalue weighted by atomic mass is 9.77. The van der Waals surface area contributed by atoms with Gasteiger partial charge in [-0.15, -0.1) is 0 Å². The molecule has 0 aromatic heterocycles. The number of allylic oxidation sites excluding steroid dienone is 3. The van der Waals surface area contributed by atoms with Crippen LogP contribution in [0.25, 0.3) is 0 Å². The van der Waals surface area contributed by atoms with Gasteiger partial charge in [0.15, 0.2) is 0 Å². The summed E-state index contributed by atoms with van der Waals surface area (Å²) in [5.74, 6) is 1.31. The summed E-state index contributed by atoms with van der Waals surface area (Å²) < 4.78 is 12.9. The molecule has 2 rings (SSSR count). The second kappa shape index (κ2) is 6.53. The Labute approximate surface area is 109 Å². The zero-order chi connectivity index (χ0) is 12.8. The van der Waals surface area contributed by atoms with E-state index in [1.165, 1.54) is 37.7 Å². The first-order valence-corrected chi connectivity index (χ1v) is 6.82. The maximum Gasteiger partial charge on any atom is 0.123 e. The van der Waals surface area contributed by atoms with Gasteiger partial charge in [-0.2, -0.15) is 0 Å². The molecule has 0 aliphatic heterocycles. The lowest BCUT2D eigenvalue weighted by Crippen LogP contribution is -2.12. The van der Waals surface area contributed by atoms with Crippen LogP contribution in [0.5, 0.6) is 0 Å². The SMILES string of the molecule is C=CC=CCC1CCC(c2ccc(F)cc2)CC1. The van der Waals surface area contributed by atoms with E-state index in [4.69, 9.17) is 0 Å². The fourth-order valence-electron chi connectivity index (χ4n) is 2.83. The van der Waals surface area contributed by atoms with Gasteiger partial charge in [-0.1, -0.05) is 36.9 Å². The Balaban J connectivity index is 1.84. The molecular formula is C17H21F. The summed E-state index contributed by atoms with van der Waals surface area (Å²) in [6.07, 6.45) is 12.3. The van der Waals surface area contributed by atoms with Crippen LogP contribution < -0.4 is 0 Å². The third-order valence-electron chi connectivity index (χ3n) is 3.93. The number of hydrogen-bond donors (Lipinski definition) is 0. The highest BCUT2D eigenvalue weighted by atomic mass is 19.1. The topological polar surface area (TPSA) is 0 Å². The van der Waals surface area contributed by atoms with Gasteiger partial charge in [0.1, 0.15) is 5.82 Å². The number of hydrogen-bond acceptors (Lipinski definition) is 0. The van der Waals surface area contributed by atoms with Gasteiger partial charge >= 0.3 is 0 Å². The molecule has 1 aromatic carbocycles. The lowest BCUT2D eigenvalue weighted by molar-refractivity contribution is 0.328. The van der Waals surface area contributed by atoms with Crippen molar-refractivity contribution in [3.63, 3.8) is 0 Å². The van der Waals surface area contributed by atoms with Gasteiger partial charge in [0.2, 0.25) is 0 Å². The highest BCUT2D eigenvalue weighted by Crippen LogP contribution is 2.37. The highest BCUT2D eigenvalue weighted by Gasteiger charge is 2.21. The molecule has 1 heteroatoms. The molecule has 1 aliphatic carbocycles. The zero-order valence-electron chi connectivity index (χ0n) is 10.8. The fraction of sp³-hybridized carbons (Fsp3) is 0.412. The number of halogens is 1. The van der Waals surface area contributed by atoms with Crippen molar-refractivity contribution in [2.45, 2.75) is 38.0 Å². The van der Waals surface area contributed by atoms with Crippen molar-refractivity contribution in [2.24, 2.45) is 5.92 Å². The number of rotatable bonds is 4.